The molecule has 454 valence electrons. The van der Waals surface area contributed by atoms with Crippen molar-refractivity contribution in [3.63, 3.8) is 0 Å². The van der Waals surface area contributed by atoms with Crippen LogP contribution in [-0.2, 0) is 41.6 Å². The number of carbonyl (C=O) groups excluding carboxylic acids is 8. The van der Waals surface area contributed by atoms with Crippen molar-refractivity contribution in [1.29, 1.82) is 0 Å². The fourth-order valence-electron chi connectivity index (χ4n) is 10.8. The van der Waals surface area contributed by atoms with Gasteiger partial charge in [0.2, 0.25) is 35.4 Å². The molecule has 0 saturated carbocycles. The van der Waals surface area contributed by atoms with Gasteiger partial charge >= 0.3 is 0 Å². The van der Waals surface area contributed by atoms with Crippen LogP contribution in [0.5, 0.6) is 0 Å². The molecular weight excluding hydrogens is 1060 g/mol. The molecule has 2 saturated heterocycles. The van der Waals surface area contributed by atoms with Crippen LogP contribution in [0.4, 0.5) is 0 Å². The molecule has 2 fully saturated rings. The second kappa shape index (κ2) is 29.9. The van der Waals surface area contributed by atoms with Crippen molar-refractivity contribution in [3.05, 3.63) is 131 Å². The minimum atomic E-state index is -0.773. The third kappa shape index (κ3) is 17.8. The van der Waals surface area contributed by atoms with Crippen LogP contribution < -0.4 is 21.3 Å². The van der Waals surface area contributed by atoms with E-state index >= 15 is 0 Å². The molecular formula is C66H92N10O8. The minimum absolute atomic E-state index is 0.179. The lowest BCUT2D eigenvalue weighted by Gasteiger charge is -2.38. The zero-order chi connectivity index (χ0) is 61.5. The number of nitrogens with one attached hydrogen (secondary N) is 4. The predicted molar refractivity (Wildman–Crippen MR) is 329 cm³/mol. The van der Waals surface area contributed by atoms with Crippen molar-refractivity contribution in [2.75, 3.05) is 80.5 Å². The fraction of sp³-hybridized carbons (Fsp3) is 0.515. The van der Waals surface area contributed by atoms with Gasteiger partial charge in [0.25, 0.3) is 11.8 Å². The first-order valence-electron chi connectivity index (χ1n) is 29.7. The molecule has 0 aromatic heterocycles. The topological polar surface area (TPSA) is 204 Å². The summed E-state index contributed by atoms with van der Waals surface area (Å²) in [7, 11) is 6.60. The summed E-state index contributed by atoms with van der Waals surface area (Å²) < 4.78 is 0. The number of amides is 8. The summed E-state index contributed by atoms with van der Waals surface area (Å²) in [6, 6.07) is 30.8. The Labute approximate surface area is 498 Å². The van der Waals surface area contributed by atoms with E-state index < -0.39 is 35.0 Å². The fourth-order valence-corrected chi connectivity index (χ4v) is 10.8. The van der Waals surface area contributed by atoms with Crippen molar-refractivity contribution in [2.45, 2.75) is 130 Å². The highest BCUT2D eigenvalue weighted by atomic mass is 16.2. The molecule has 4 aromatic carbocycles. The SMILES string of the molecule is CN[C@@H](C)C(=O)N[C@H](C(=O)N1CCC[C@@H]1CN(CCc1ccccc1)C(=O)CN(C)C(=O)c1ccc(-c2ccc(C(=O)N(C)CC(=O)N(CCc3ccccc3)C[C@@H]3CCCN3C(=O)[C@@H](NC(=O)[C@H](C)NC)C(C)(C)C)cc2)cc1)C(C)(C)C. The summed E-state index contributed by atoms with van der Waals surface area (Å²) in [5.74, 6) is -2.06. The van der Waals surface area contributed by atoms with Gasteiger partial charge in [0, 0.05) is 76.6 Å². The van der Waals surface area contributed by atoms with Gasteiger partial charge in [0.15, 0.2) is 0 Å². The molecule has 2 aliphatic rings. The van der Waals surface area contributed by atoms with E-state index in [0.717, 1.165) is 35.1 Å². The van der Waals surface area contributed by atoms with Crippen LogP contribution in [-0.4, -0.2) is 193 Å². The molecule has 4 N–H and O–H groups in total. The van der Waals surface area contributed by atoms with E-state index in [1.54, 1.807) is 76.1 Å². The maximum absolute atomic E-state index is 14.3. The Bertz CT molecular complexity index is 2680. The first-order chi connectivity index (χ1) is 39.8. The Morgan fingerprint density at radius 2 is 0.845 bits per heavy atom. The quantitative estimate of drug-likeness (QED) is 0.0619. The van der Waals surface area contributed by atoms with Gasteiger partial charge in [0.1, 0.15) is 12.1 Å². The molecule has 0 bridgehead atoms. The van der Waals surface area contributed by atoms with E-state index in [-0.39, 0.29) is 85.5 Å². The van der Waals surface area contributed by atoms with E-state index in [4.69, 9.17) is 0 Å². The van der Waals surface area contributed by atoms with E-state index in [0.29, 0.717) is 63.0 Å². The Balaban J connectivity index is 1.09. The third-order valence-electron chi connectivity index (χ3n) is 16.4. The highest BCUT2D eigenvalue weighted by Gasteiger charge is 2.43. The van der Waals surface area contributed by atoms with E-state index in [1.165, 1.54) is 9.80 Å². The van der Waals surface area contributed by atoms with Crippen molar-refractivity contribution in [3.8, 4) is 11.1 Å². The number of hydrogen-bond donors (Lipinski definition) is 4. The van der Waals surface area contributed by atoms with Crippen molar-refractivity contribution in [2.24, 2.45) is 10.8 Å². The van der Waals surface area contributed by atoms with Crippen LogP contribution >= 0.6 is 0 Å². The van der Waals surface area contributed by atoms with Gasteiger partial charge in [-0.2, -0.15) is 0 Å². The summed E-state index contributed by atoms with van der Waals surface area (Å²) in [4.78, 5) is 121. The standard InChI is InChI=1S/C66H92N10O8/c1-45(67-9)59(79)69-57(65(3,4)5)63(83)75-37-19-25-53(75)41-73(39-35-47-21-15-13-16-22-47)55(77)43-71(11)61(81)51-31-27-49(28-32-51)50-29-33-52(34-30-50)62(82)72(12)44-56(78)74(40-36-48-23-17-14-18-24-48)42-54-26-20-38-76(54)64(84)58(66(6,7)8)70-60(80)46(2)68-10/h13-18,21-24,27-34,45-46,53-54,57-58,67-68H,19-20,25-26,35-44H2,1-12H3,(H,69,79)(H,70,80)/t45-,46-,53-,54+,57+,58+/m0/s1. The predicted octanol–water partition coefficient (Wildman–Crippen LogP) is 5.90. The van der Waals surface area contributed by atoms with Crippen LogP contribution in [0.25, 0.3) is 11.1 Å². The molecule has 18 heteroatoms. The molecule has 2 heterocycles. The molecule has 0 unspecified atom stereocenters. The van der Waals surface area contributed by atoms with E-state index in [9.17, 15) is 38.4 Å². The van der Waals surface area contributed by atoms with Crippen LogP contribution in [0.2, 0.25) is 0 Å². The summed E-state index contributed by atoms with van der Waals surface area (Å²) >= 11 is 0. The lowest BCUT2D eigenvalue weighted by atomic mass is 9.85. The maximum Gasteiger partial charge on any atom is 0.254 e. The molecule has 0 spiro atoms. The lowest BCUT2D eigenvalue weighted by molar-refractivity contribution is -0.142. The second-order valence-electron chi connectivity index (χ2n) is 24.9. The molecule has 8 amide bonds. The van der Waals surface area contributed by atoms with Gasteiger partial charge < -0.3 is 50.7 Å². The van der Waals surface area contributed by atoms with Crippen LogP contribution in [0, 0.1) is 10.8 Å². The highest BCUT2D eigenvalue weighted by molar-refractivity contribution is 5.98. The lowest BCUT2D eigenvalue weighted by Crippen LogP contribution is -2.59. The first kappa shape index (κ1) is 65.7. The molecule has 6 rings (SSSR count). The van der Waals surface area contributed by atoms with Gasteiger partial charge in [-0.05, 0) is 124 Å². The van der Waals surface area contributed by atoms with Crippen molar-refractivity contribution >= 4 is 47.3 Å². The summed E-state index contributed by atoms with van der Waals surface area (Å²) in [5.41, 5.74) is 3.35. The molecule has 2 aliphatic heterocycles. The largest absolute Gasteiger partial charge is 0.342 e. The number of rotatable bonds is 25. The molecule has 6 atom stereocenters. The van der Waals surface area contributed by atoms with E-state index in [2.05, 4.69) is 21.3 Å². The number of benzene rings is 4. The zero-order valence-electron chi connectivity index (χ0n) is 51.7. The van der Waals surface area contributed by atoms with Gasteiger partial charge in [-0.3, -0.25) is 38.4 Å². The summed E-state index contributed by atoms with van der Waals surface area (Å²) in [5, 5.41) is 11.9. The summed E-state index contributed by atoms with van der Waals surface area (Å²) in [6.07, 6.45) is 4.07. The number of likely N-dealkylation sites (tertiary alicyclic amines) is 2. The average Bonchev–Trinajstić information content (AvgIpc) is 4.17. The molecule has 0 radical (unpaired) electrons. The number of likely N-dealkylation sites (N-methyl/N-ethyl adjacent to an activating group) is 4. The Hall–Kier alpha value is -7.44. The number of hydrogen-bond acceptors (Lipinski definition) is 10. The van der Waals surface area contributed by atoms with Crippen molar-refractivity contribution < 1.29 is 38.4 Å². The first-order valence-corrected chi connectivity index (χ1v) is 29.7. The van der Waals surface area contributed by atoms with Crippen LogP contribution in [0.1, 0.15) is 113 Å². The highest BCUT2D eigenvalue weighted by Crippen LogP contribution is 2.29. The third-order valence-corrected chi connectivity index (χ3v) is 16.4. The van der Waals surface area contributed by atoms with Crippen molar-refractivity contribution in [1.82, 2.24) is 50.7 Å². The maximum atomic E-state index is 14.3. The smallest absolute Gasteiger partial charge is 0.254 e. The number of nitrogens with zero attached hydrogens (tertiary/aromatic N) is 6. The summed E-state index contributed by atoms with van der Waals surface area (Å²) in [6.45, 7) is 17.0. The molecule has 4 aromatic rings. The van der Waals surface area contributed by atoms with Crippen LogP contribution in [0.3, 0.4) is 0 Å². The van der Waals surface area contributed by atoms with E-state index in [1.807, 2.05) is 136 Å². The van der Waals surface area contributed by atoms with Gasteiger partial charge in [-0.1, -0.05) is 126 Å². The Kier molecular flexibility index (Phi) is 23.4. The Morgan fingerprint density at radius 3 is 1.15 bits per heavy atom. The average molecular weight is 1150 g/mol. The zero-order valence-corrected chi connectivity index (χ0v) is 51.7. The number of carbonyl (C=O) groups is 8. The Morgan fingerprint density at radius 1 is 0.512 bits per heavy atom. The van der Waals surface area contributed by atoms with Gasteiger partial charge in [-0.25, -0.2) is 0 Å². The van der Waals surface area contributed by atoms with Gasteiger partial charge in [0.05, 0.1) is 25.2 Å². The molecule has 84 heavy (non-hydrogen) atoms. The monoisotopic (exact) mass is 1150 g/mol. The molecule has 0 aliphatic carbocycles. The second-order valence-corrected chi connectivity index (χ2v) is 24.9. The van der Waals surface area contributed by atoms with Crippen LogP contribution in [0.15, 0.2) is 109 Å². The normalized spacial score (nSPS) is 16.7. The van der Waals surface area contributed by atoms with Gasteiger partial charge in [-0.15, -0.1) is 0 Å². The minimum Gasteiger partial charge on any atom is -0.342 e. The molecule has 18 nitrogen and oxygen atoms in total.